The van der Waals surface area contributed by atoms with Gasteiger partial charge in [-0.3, -0.25) is 0 Å². The second-order valence-electron chi connectivity index (χ2n) is 6.32. The van der Waals surface area contributed by atoms with Crippen LogP contribution in [0.4, 0.5) is 4.39 Å². The summed E-state index contributed by atoms with van der Waals surface area (Å²) >= 11 is 0. The smallest absolute Gasteiger partial charge is 0.126 e. The van der Waals surface area contributed by atoms with E-state index in [4.69, 9.17) is 5.73 Å². The molecule has 0 saturated carbocycles. The average Bonchev–Trinajstić information content (AvgIpc) is 2.64. The first kappa shape index (κ1) is 13.1. The maximum Gasteiger partial charge on any atom is 0.126 e. The zero-order valence-corrected chi connectivity index (χ0v) is 11.8. The van der Waals surface area contributed by atoms with Gasteiger partial charge in [0.15, 0.2) is 0 Å². The minimum absolute atomic E-state index is 0.0519. The molecule has 2 bridgehead atoms. The average molecular weight is 262 g/mol. The summed E-state index contributed by atoms with van der Waals surface area (Å²) in [5.41, 5.74) is 8.23. The van der Waals surface area contributed by atoms with Crippen molar-refractivity contribution in [3.05, 3.63) is 35.1 Å². The number of hydrogen-bond donors (Lipinski definition) is 1. The van der Waals surface area contributed by atoms with Crippen molar-refractivity contribution in [1.29, 1.82) is 0 Å². The van der Waals surface area contributed by atoms with Gasteiger partial charge in [-0.15, -0.1) is 0 Å². The first-order valence-corrected chi connectivity index (χ1v) is 7.30. The third-order valence-electron chi connectivity index (χ3n) is 5.21. The van der Waals surface area contributed by atoms with Gasteiger partial charge in [-0.2, -0.15) is 0 Å². The van der Waals surface area contributed by atoms with Gasteiger partial charge in [-0.25, -0.2) is 4.39 Å². The number of benzene rings is 1. The molecular formula is C16H23FN2. The van der Waals surface area contributed by atoms with Crippen molar-refractivity contribution in [2.75, 3.05) is 7.05 Å². The summed E-state index contributed by atoms with van der Waals surface area (Å²) in [6, 6.07) is 6.78. The summed E-state index contributed by atoms with van der Waals surface area (Å²) in [6.45, 7) is 1.81. The van der Waals surface area contributed by atoms with E-state index >= 15 is 0 Å². The molecule has 3 unspecified atom stereocenters. The number of hydrogen-bond acceptors (Lipinski definition) is 2. The Morgan fingerprint density at radius 1 is 1.26 bits per heavy atom. The molecule has 0 radical (unpaired) electrons. The van der Waals surface area contributed by atoms with Crippen LogP contribution < -0.4 is 5.73 Å². The first-order valence-electron chi connectivity index (χ1n) is 7.30. The molecule has 2 fully saturated rings. The Kier molecular flexibility index (Phi) is 3.35. The van der Waals surface area contributed by atoms with E-state index in [1.807, 2.05) is 19.1 Å². The highest BCUT2D eigenvalue weighted by Gasteiger charge is 2.40. The van der Waals surface area contributed by atoms with Crippen LogP contribution in [-0.2, 0) is 0 Å². The zero-order valence-electron chi connectivity index (χ0n) is 11.8. The van der Waals surface area contributed by atoms with Crippen LogP contribution in [0.5, 0.6) is 0 Å². The van der Waals surface area contributed by atoms with Crippen molar-refractivity contribution < 1.29 is 4.39 Å². The van der Waals surface area contributed by atoms with E-state index in [0.29, 0.717) is 23.6 Å². The third-order valence-corrected chi connectivity index (χ3v) is 5.21. The van der Waals surface area contributed by atoms with Gasteiger partial charge in [0.25, 0.3) is 0 Å². The fourth-order valence-corrected chi connectivity index (χ4v) is 3.89. The fourth-order valence-electron chi connectivity index (χ4n) is 3.89. The van der Waals surface area contributed by atoms with Crippen LogP contribution in [0.2, 0.25) is 0 Å². The normalized spacial score (nSPS) is 32.5. The first-order chi connectivity index (χ1) is 9.06. The Labute approximate surface area is 114 Å². The van der Waals surface area contributed by atoms with Crippen LogP contribution in [0.1, 0.15) is 42.9 Å². The standard InChI is InChI=1S/C16H23FN2/c1-10-7-11(3-6-15(10)17)16(18)12-8-13-4-5-14(9-12)19(13)2/h3,6-7,12-14,16H,4-5,8-9,18H2,1-2H3. The van der Waals surface area contributed by atoms with Crippen molar-refractivity contribution in [2.24, 2.45) is 11.7 Å². The van der Waals surface area contributed by atoms with Gasteiger partial charge >= 0.3 is 0 Å². The Morgan fingerprint density at radius 2 is 1.89 bits per heavy atom. The van der Waals surface area contributed by atoms with E-state index in [1.165, 1.54) is 25.7 Å². The zero-order chi connectivity index (χ0) is 13.6. The van der Waals surface area contributed by atoms with Crippen molar-refractivity contribution in [3.8, 4) is 0 Å². The Hall–Kier alpha value is -0.930. The number of aryl methyl sites for hydroxylation is 1. The van der Waals surface area contributed by atoms with Gasteiger partial charge < -0.3 is 10.6 Å². The number of nitrogens with two attached hydrogens (primary N) is 1. The maximum atomic E-state index is 13.3. The molecule has 0 aromatic heterocycles. The Balaban J connectivity index is 1.77. The van der Waals surface area contributed by atoms with Gasteiger partial charge in [0.1, 0.15) is 5.82 Å². The molecule has 0 amide bonds. The highest BCUT2D eigenvalue weighted by atomic mass is 19.1. The number of fused-ring (bicyclic) bond motifs is 2. The summed E-state index contributed by atoms with van der Waals surface area (Å²) in [7, 11) is 2.24. The third kappa shape index (κ3) is 2.30. The molecule has 2 N–H and O–H groups in total. The van der Waals surface area contributed by atoms with Crippen LogP contribution in [0, 0.1) is 18.7 Å². The molecule has 1 aromatic rings. The van der Waals surface area contributed by atoms with Crippen molar-refractivity contribution in [2.45, 2.75) is 50.7 Å². The molecule has 104 valence electrons. The second kappa shape index (κ2) is 4.88. The van der Waals surface area contributed by atoms with E-state index in [-0.39, 0.29) is 11.9 Å². The minimum Gasteiger partial charge on any atom is -0.324 e. The molecule has 3 atom stereocenters. The SMILES string of the molecule is Cc1cc(C(N)C2CC3CCC(C2)N3C)ccc1F. The lowest BCUT2D eigenvalue weighted by atomic mass is 9.82. The Morgan fingerprint density at radius 3 is 2.47 bits per heavy atom. The predicted octanol–water partition coefficient (Wildman–Crippen LogP) is 3.01. The minimum atomic E-state index is -0.139. The van der Waals surface area contributed by atoms with E-state index < -0.39 is 0 Å². The fraction of sp³-hybridized carbons (Fsp3) is 0.625. The van der Waals surface area contributed by atoms with E-state index in [9.17, 15) is 4.39 Å². The molecule has 3 rings (SSSR count). The molecule has 0 spiro atoms. The monoisotopic (exact) mass is 262 g/mol. The number of halogens is 1. The molecule has 1 aromatic carbocycles. The molecule has 2 saturated heterocycles. The van der Waals surface area contributed by atoms with Gasteiger partial charge in [-0.05, 0) is 62.8 Å². The molecule has 3 heteroatoms. The lowest BCUT2D eigenvalue weighted by Crippen LogP contribution is -2.42. The van der Waals surface area contributed by atoms with Crippen LogP contribution in [0.25, 0.3) is 0 Å². The van der Waals surface area contributed by atoms with Crippen LogP contribution in [0.15, 0.2) is 18.2 Å². The summed E-state index contributed by atoms with van der Waals surface area (Å²) in [5, 5.41) is 0. The quantitative estimate of drug-likeness (QED) is 0.887. The second-order valence-corrected chi connectivity index (χ2v) is 6.32. The van der Waals surface area contributed by atoms with E-state index in [2.05, 4.69) is 11.9 Å². The molecule has 2 aliphatic heterocycles. The summed E-state index contributed by atoms with van der Waals surface area (Å²) in [5.74, 6) is 0.401. The lowest BCUT2D eigenvalue weighted by molar-refractivity contribution is 0.121. The van der Waals surface area contributed by atoms with Crippen molar-refractivity contribution in [3.63, 3.8) is 0 Å². The van der Waals surface area contributed by atoms with E-state index in [1.54, 1.807) is 6.07 Å². The summed E-state index contributed by atoms with van der Waals surface area (Å²) in [4.78, 5) is 2.53. The molecule has 2 heterocycles. The maximum absolute atomic E-state index is 13.3. The van der Waals surface area contributed by atoms with Gasteiger partial charge in [0, 0.05) is 18.1 Å². The Bertz CT molecular complexity index is 460. The highest BCUT2D eigenvalue weighted by Crippen LogP contribution is 2.41. The summed E-state index contributed by atoms with van der Waals surface area (Å²) < 4.78 is 13.3. The molecule has 0 aliphatic carbocycles. The number of piperidine rings is 1. The van der Waals surface area contributed by atoms with Gasteiger partial charge in [-0.1, -0.05) is 12.1 Å². The highest BCUT2D eigenvalue weighted by molar-refractivity contribution is 5.27. The number of nitrogens with zero attached hydrogens (tertiary/aromatic N) is 1. The van der Waals surface area contributed by atoms with Gasteiger partial charge in [0.05, 0.1) is 0 Å². The molecule has 2 nitrogen and oxygen atoms in total. The van der Waals surface area contributed by atoms with Crippen LogP contribution >= 0.6 is 0 Å². The molecule has 19 heavy (non-hydrogen) atoms. The predicted molar refractivity (Wildman–Crippen MR) is 75.4 cm³/mol. The van der Waals surface area contributed by atoms with Gasteiger partial charge in [0.2, 0.25) is 0 Å². The summed E-state index contributed by atoms with van der Waals surface area (Å²) in [6.07, 6.45) is 4.99. The van der Waals surface area contributed by atoms with Crippen molar-refractivity contribution in [1.82, 2.24) is 4.90 Å². The number of rotatable bonds is 2. The molecular weight excluding hydrogens is 239 g/mol. The van der Waals surface area contributed by atoms with Crippen LogP contribution in [0.3, 0.4) is 0 Å². The van der Waals surface area contributed by atoms with Crippen LogP contribution in [-0.4, -0.2) is 24.0 Å². The molecule has 2 aliphatic rings. The van der Waals surface area contributed by atoms with E-state index in [0.717, 1.165) is 5.56 Å². The van der Waals surface area contributed by atoms with Crippen molar-refractivity contribution >= 4 is 0 Å². The lowest BCUT2D eigenvalue weighted by Gasteiger charge is -2.39. The largest absolute Gasteiger partial charge is 0.324 e. The topological polar surface area (TPSA) is 29.3 Å².